The Morgan fingerprint density at radius 1 is 1.03 bits per heavy atom. The number of aromatic amines is 1. The second kappa shape index (κ2) is 7.66. The standard InChI is InChI=1S/C21H13Cl2N3O3/c22-15-2-1-3-16(23)20(15)21-24-17-9-6-13(11-18(17)25-21)19(27)10-12-4-7-14(8-5-12)26(28)29/h1-9,11H,10H2,(H,24,25). The predicted octanol–water partition coefficient (Wildman–Crippen LogP) is 5.87. The number of carbonyl (C=O) groups is 1. The second-order valence-electron chi connectivity index (χ2n) is 6.44. The predicted molar refractivity (Wildman–Crippen MR) is 113 cm³/mol. The van der Waals surface area contributed by atoms with Crippen molar-refractivity contribution in [1.82, 2.24) is 9.97 Å². The molecule has 0 spiro atoms. The van der Waals surface area contributed by atoms with Gasteiger partial charge in [-0.05, 0) is 35.9 Å². The van der Waals surface area contributed by atoms with Gasteiger partial charge in [-0.25, -0.2) is 4.98 Å². The summed E-state index contributed by atoms with van der Waals surface area (Å²) in [7, 11) is 0. The van der Waals surface area contributed by atoms with E-state index in [1.165, 1.54) is 12.1 Å². The van der Waals surface area contributed by atoms with E-state index >= 15 is 0 Å². The summed E-state index contributed by atoms with van der Waals surface area (Å²) < 4.78 is 0. The highest BCUT2D eigenvalue weighted by Gasteiger charge is 2.15. The van der Waals surface area contributed by atoms with E-state index in [4.69, 9.17) is 23.2 Å². The number of benzene rings is 3. The topological polar surface area (TPSA) is 88.9 Å². The van der Waals surface area contributed by atoms with Crippen molar-refractivity contribution < 1.29 is 9.72 Å². The minimum absolute atomic E-state index is 0.00848. The Kier molecular flexibility index (Phi) is 5.05. The first-order valence-electron chi connectivity index (χ1n) is 8.63. The largest absolute Gasteiger partial charge is 0.338 e. The first-order valence-corrected chi connectivity index (χ1v) is 9.38. The number of nitro groups is 1. The molecule has 0 unspecified atom stereocenters. The fourth-order valence-electron chi connectivity index (χ4n) is 3.05. The van der Waals surface area contributed by atoms with Crippen LogP contribution in [-0.2, 0) is 6.42 Å². The smallest absolute Gasteiger partial charge is 0.269 e. The van der Waals surface area contributed by atoms with Gasteiger partial charge in [0.15, 0.2) is 5.78 Å². The Labute approximate surface area is 175 Å². The van der Waals surface area contributed by atoms with E-state index in [2.05, 4.69) is 9.97 Å². The van der Waals surface area contributed by atoms with Gasteiger partial charge in [0.25, 0.3) is 5.69 Å². The van der Waals surface area contributed by atoms with Gasteiger partial charge < -0.3 is 4.98 Å². The van der Waals surface area contributed by atoms with Gasteiger partial charge in [-0.1, -0.05) is 41.4 Å². The zero-order valence-electron chi connectivity index (χ0n) is 14.9. The number of nitrogens with zero attached hydrogens (tertiary/aromatic N) is 2. The number of ketones is 1. The monoisotopic (exact) mass is 425 g/mol. The number of carbonyl (C=O) groups excluding carboxylic acids is 1. The quantitative estimate of drug-likeness (QED) is 0.246. The van der Waals surface area contributed by atoms with E-state index in [0.29, 0.717) is 43.6 Å². The molecule has 1 N–H and O–H groups in total. The van der Waals surface area contributed by atoms with Crippen molar-refractivity contribution in [2.45, 2.75) is 6.42 Å². The Morgan fingerprint density at radius 2 is 1.72 bits per heavy atom. The highest BCUT2D eigenvalue weighted by molar-refractivity contribution is 6.39. The molecule has 4 rings (SSSR count). The minimum Gasteiger partial charge on any atom is -0.338 e. The molecule has 0 bridgehead atoms. The van der Waals surface area contributed by atoms with Gasteiger partial charge in [0.05, 0.1) is 31.6 Å². The molecule has 3 aromatic carbocycles. The number of hydrogen-bond acceptors (Lipinski definition) is 4. The maximum absolute atomic E-state index is 12.7. The number of halogens is 2. The first kappa shape index (κ1) is 19.1. The van der Waals surface area contributed by atoms with Gasteiger partial charge in [-0.15, -0.1) is 0 Å². The number of aromatic nitrogens is 2. The van der Waals surface area contributed by atoms with E-state index in [1.807, 2.05) is 0 Å². The molecule has 0 aliphatic heterocycles. The molecule has 29 heavy (non-hydrogen) atoms. The maximum Gasteiger partial charge on any atom is 0.269 e. The lowest BCUT2D eigenvalue weighted by molar-refractivity contribution is -0.384. The summed E-state index contributed by atoms with van der Waals surface area (Å²) in [6.07, 6.45) is 0.140. The molecule has 8 heteroatoms. The van der Waals surface area contributed by atoms with Crippen molar-refractivity contribution in [3.8, 4) is 11.4 Å². The van der Waals surface area contributed by atoms with E-state index in [1.54, 1.807) is 48.5 Å². The van der Waals surface area contributed by atoms with E-state index in [9.17, 15) is 14.9 Å². The molecule has 0 saturated carbocycles. The molecule has 0 saturated heterocycles. The van der Waals surface area contributed by atoms with Crippen LogP contribution in [0, 0.1) is 10.1 Å². The summed E-state index contributed by atoms with van der Waals surface area (Å²) in [4.78, 5) is 30.6. The summed E-state index contributed by atoms with van der Waals surface area (Å²) in [6.45, 7) is 0. The average Bonchev–Trinajstić information content (AvgIpc) is 3.11. The molecule has 0 aliphatic carbocycles. The molecular formula is C21H13Cl2N3O3. The molecule has 0 amide bonds. The number of nitrogens with one attached hydrogen (secondary N) is 1. The second-order valence-corrected chi connectivity index (χ2v) is 7.25. The number of hydrogen-bond donors (Lipinski definition) is 1. The molecule has 1 heterocycles. The summed E-state index contributed by atoms with van der Waals surface area (Å²) in [5, 5.41) is 11.7. The van der Waals surface area contributed by atoms with Gasteiger partial charge >= 0.3 is 0 Å². The Hall–Kier alpha value is -3.22. The molecule has 144 valence electrons. The average molecular weight is 426 g/mol. The van der Waals surface area contributed by atoms with Crippen LogP contribution in [0.2, 0.25) is 10.0 Å². The first-order chi connectivity index (χ1) is 13.9. The van der Waals surface area contributed by atoms with Crippen LogP contribution in [0.4, 0.5) is 5.69 Å². The van der Waals surface area contributed by atoms with E-state index in [0.717, 1.165) is 0 Å². The highest BCUT2D eigenvalue weighted by atomic mass is 35.5. The van der Waals surface area contributed by atoms with Gasteiger partial charge in [0.2, 0.25) is 0 Å². The van der Waals surface area contributed by atoms with Gasteiger partial charge in [-0.3, -0.25) is 14.9 Å². The highest BCUT2D eigenvalue weighted by Crippen LogP contribution is 2.34. The van der Waals surface area contributed by atoms with Crippen molar-refractivity contribution in [3.63, 3.8) is 0 Å². The van der Waals surface area contributed by atoms with Crippen molar-refractivity contribution in [2.75, 3.05) is 0 Å². The Morgan fingerprint density at radius 3 is 2.38 bits per heavy atom. The van der Waals surface area contributed by atoms with Crippen molar-refractivity contribution in [3.05, 3.63) is 92.0 Å². The third-order valence-electron chi connectivity index (χ3n) is 4.52. The number of imidazole rings is 1. The van der Waals surface area contributed by atoms with Gasteiger partial charge in [0, 0.05) is 24.1 Å². The van der Waals surface area contributed by atoms with Gasteiger partial charge in [0.1, 0.15) is 5.82 Å². The fourth-order valence-corrected chi connectivity index (χ4v) is 3.62. The molecule has 4 aromatic rings. The van der Waals surface area contributed by atoms with Crippen molar-refractivity contribution >= 4 is 45.7 Å². The van der Waals surface area contributed by atoms with Crippen LogP contribution in [0.15, 0.2) is 60.7 Å². The summed E-state index contributed by atoms with van der Waals surface area (Å²) in [6, 6.07) is 16.4. The lowest BCUT2D eigenvalue weighted by atomic mass is 10.0. The normalized spacial score (nSPS) is 11.0. The van der Waals surface area contributed by atoms with E-state index < -0.39 is 4.92 Å². The maximum atomic E-state index is 12.7. The number of H-pyrrole nitrogens is 1. The van der Waals surface area contributed by atoms with Crippen LogP contribution in [0.5, 0.6) is 0 Å². The zero-order valence-corrected chi connectivity index (χ0v) is 16.4. The molecule has 1 aromatic heterocycles. The molecule has 0 fully saturated rings. The Balaban J connectivity index is 1.62. The van der Waals surface area contributed by atoms with Gasteiger partial charge in [-0.2, -0.15) is 0 Å². The molecule has 0 atom stereocenters. The minimum atomic E-state index is -0.472. The van der Waals surface area contributed by atoms with Crippen molar-refractivity contribution in [1.29, 1.82) is 0 Å². The summed E-state index contributed by atoms with van der Waals surface area (Å²) in [5.74, 6) is 0.420. The lowest BCUT2D eigenvalue weighted by Crippen LogP contribution is -2.03. The lowest BCUT2D eigenvalue weighted by Gasteiger charge is -2.02. The summed E-state index contributed by atoms with van der Waals surface area (Å²) >= 11 is 12.5. The van der Waals surface area contributed by atoms with Crippen molar-refractivity contribution in [2.24, 2.45) is 0 Å². The number of fused-ring (bicyclic) bond motifs is 1. The van der Waals surface area contributed by atoms with Crippen LogP contribution in [0.1, 0.15) is 15.9 Å². The van der Waals surface area contributed by atoms with Crippen LogP contribution < -0.4 is 0 Å². The number of nitro benzene ring substituents is 1. The van der Waals surface area contributed by atoms with Crippen LogP contribution >= 0.6 is 23.2 Å². The molecular weight excluding hydrogens is 413 g/mol. The fraction of sp³-hybridized carbons (Fsp3) is 0.0476. The zero-order chi connectivity index (χ0) is 20.5. The number of Topliss-reactive ketones (excluding diaryl/α,β-unsaturated/α-hetero) is 1. The molecule has 0 aliphatic rings. The Bertz CT molecular complexity index is 1230. The third kappa shape index (κ3) is 3.85. The van der Waals surface area contributed by atoms with E-state index in [-0.39, 0.29) is 17.9 Å². The SMILES string of the molecule is O=C(Cc1ccc([N+](=O)[O-])cc1)c1ccc2nc(-c3c(Cl)cccc3Cl)[nH]c2c1. The third-order valence-corrected chi connectivity index (χ3v) is 5.15. The number of non-ortho nitro benzene ring substituents is 1. The van der Waals surface area contributed by atoms with Crippen LogP contribution in [-0.4, -0.2) is 20.7 Å². The van der Waals surface area contributed by atoms with Crippen LogP contribution in [0.25, 0.3) is 22.4 Å². The number of rotatable bonds is 5. The summed E-state index contributed by atoms with van der Waals surface area (Å²) in [5.41, 5.74) is 3.18. The molecule has 0 radical (unpaired) electrons. The molecule has 6 nitrogen and oxygen atoms in total. The van der Waals surface area contributed by atoms with Crippen LogP contribution in [0.3, 0.4) is 0 Å².